The molecule has 2 aliphatic heterocycles. The molecule has 3 rings (SSSR count). The van der Waals surface area contributed by atoms with Crippen molar-refractivity contribution >= 4 is 29.8 Å². The highest BCUT2D eigenvalue weighted by molar-refractivity contribution is 8.00. The minimum Gasteiger partial charge on any atom is -0.446 e. The number of hydrogen-bond acceptors (Lipinski definition) is 13. The van der Waals surface area contributed by atoms with Crippen molar-refractivity contribution in [1.29, 1.82) is 0 Å². The number of fused-ring (bicyclic) bond motifs is 1. The number of rotatable bonds is 33. The molecule has 0 radical (unpaired) electrons. The van der Waals surface area contributed by atoms with E-state index in [2.05, 4.69) is 33.4 Å². The summed E-state index contributed by atoms with van der Waals surface area (Å²) in [4.78, 5) is 35.4. The second kappa shape index (κ2) is 31.9. The van der Waals surface area contributed by atoms with Crippen LogP contribution >= 0.6 is 11.8 Å². The molecule has 4 atom stereocenters. The van der Waals surface area contributed by atoms with E-state index in [4.69, 9.17) is 42.6 Å². The van der Waals surface area contributed by atoms with Gasteiger partial charge in [0.05, 0.1) is 118 Å². The van der Waals surface area contributed by atoms with Crippen molar-refractivity contribution < 1.29 is 57.0 Å². The van der Waals surface area contributed by atoms with Gasteiger partial charge in [0.1, 0.15) is 6.10 Å². The molecule has 0 saturated carbocycles. The minimum absolute atomic E-state index is 0.0117. The highest BCUT2D eigenvalue weighted by atomic mass is 32.2. The van der Waals surface area contributed by atoms with Gasteiger partial charge >= 0.3 is 12.1 Å². The molecule has 17 heteroatoms. The number of thioether (sulfide) groups is 1. The van der Waals surface area contributed by atoms with Gasteiger partial charge in [0, 0.05) is 30.5 Å². The van der Waals surface area contributed by atoms with Crippen LogP contribution in [0.25, 0.3) is 0 Å². The Morgan fingerprint density at radius 1 is 0.648 bits per heavy atom. The average molecular weight is 791 g/mol. The van der Waals surface area contributed by atoms with E-state index in [1.807, 2.05) is 11.8 Å². The molecule has 2 saturated heterocycles. The van der Waals surface area contributed by atoms with Gasteiger partial charge in [-0.05, 0) is 44.9 Å². The van der Waals surface area contributed by atoms with E-state index in [9.17, 15) is 14.4 Å². The normalized spacial score (nSPS) is 21.4. The Kier molecular flexibility index (Phi) is 27.3. The van der Waals surface area contributed by atoms with E-state index in [0.29, 0.717) is 130 Å². The molecule has 0 aromatic rings. The number of hydrogen-bond donors (Lipinski definition) is 4. The van der Waals surface area contributed by atoms with Crippen LogP contribution in [0, 0.1) is 0 Å². The van der Waals surface area contributed by atoms with Gasteiger partial charge in [0.2, 0.25) is 5.91 Å². The van der Waals surface area contributed by atoms with Crippen molar-refractivity contribution in [2.75, 3.05) is 125 Å². The molecule has 1 aliphatic carbocycles. The highest BCUT2D eigenvalue weighted by Gasteiger charge is 2.42. The fraction of sp³-hybridized carbons (Fsp3) is 0.865. The quantitative estimate of drug-likeness (QED) is 0.0433. The topological polar surface area (TPSA) is 182 Å². The van der Waals surface area contributed by atoms with Crippen molar-refractivity contribution in [3.05, 3.63) is 12.2 Å². The lowest BCUT2D eigenvalue weighted by molar-refractivity contribution is -0.121. The van der Waals surface area contributed by atoms with Gasteiger partial charge < -0.3 is 63.9 Å². The van der Waals surface area contributed by atoms with Crippen LogP contribution in [0.15, 0.2) is 12.2 Å². The van der Waals surface area contributed by atoms with Gasteiger partial charge in [-0.1, -0.05) is 18.6 Å². The first-order chi connectivity index (χ1) is 26.6. The van der Waals surface area contributed by atoms with Crippen molar-refractivity contribution in [2.45, 2.75) is 81.2 Å². The first kappa shape index (κ1) is 46.2. The molecule has 0 spiro atoms. The van der Waals surface area contributed by atoms with Gasteiger partial charge in [-0.25, -0.2) is 9.59 Å². The summed E-state index contributed by atoms with van der Waals surface area (Å²) < 4.78 is 49.4. The number of allylic oxidation sites excluding steroid dienone is 2. The highest BCUT2D eigenvalue weighted by Crippen LogP contribution is 2.33. The van der Waals surface area contributed by atoms with Crippen molar-refractivity contribution in [3.8, 4) is 0 Å². The summed E-state index contributed by atoms with van der Waals surface area (Å²) in [5, 5.41) is 12.0. The molecule has 4 amide bonds. The molecule has 0 aromatic carbocycles. The van der Waals surface area contributed by atoms with E-state index in [1.165, 1.54) is 0 Å². The molecule has 3 aliphatic rings. The number of amides is 4. The maximum atomic E-state index is 12.0. The summed E-state index contributed by atoms with van der Waals surface area (Å²) in [5.41, 5.74) is 0. The Labute approximate surface area is 325 Å². The molecular weight excluding hydrogens is 724 g/mol. The summed E-state index contributed by atoms with van der Waals surface area (Å²) in [5.74, 6) is 1.000. The van der Waals surface area contributed by atoms with Gasteiger partial charge in [-0.2, -0.15) is 11.8 Å². The molecule has 312 valence electrons. The van der Waals surface area contributed by atoms with Crippen LogP contribution in [0.4, 0.5) is 9.59 Å². The summed E-state index contributed by atoms with van der Waals surface area (Å²) in [6.45, 7) is 8.34. The molecule has 0 bridgehead atoms. The molecule has 2 heterocycles. The number of carbonyl (C=O) groups excluding carboxylic acids is 3. The third-order valence-corrected chi connectivity index (χ3v) is 10.3. The van der Waals surface area contributed by atoms with Crippen LogP contribution in [0.3, 0.4) is 0 Å². The van der Waals surface area contributed by atoms with Crippen LogP contribution < -0.4 is 21.3 Å². The third kappa shape index (κ3) is 23.6. The molecule has 16 nitrogen and oxygen atoms in total. The predicted molar refractivity (Wildman–Crippen MR) is 204 cm³/mol. The lowest BCUT2D eigenvalue weighted by Crippen LogP contribution is -2.36. The Morgan fingerprint density at radius 3 is 1.74 bits per heavy atom. The monoisotopic (exact) mass is 790 g/mol. The van der Waals surface area contributed by atoms with Crippen LogP contribution in [-0.4, -0.2) is 166 Å². The molecular formula is C37H66N4O12S. The summed E-state index contributed by atoms with van der Waals surface area (Å²) >= 11 is 1.90. The number of carbonyl (C=O) groups is 3. The van der Waals surface area contributed by atoms with E-state index in [1.54, 1.807) is 0 Å². The predicted octanol–water partition coefficient (Wildman–Crippen LogP) is 2.58. The van der Waals surface area contributed by atoms with Gasteiger partial charge in [-0.15, -0.1) is 0 Å². The van der Waals surface area contributed by atoms with Crippen LogP contribution in [0.1, 0.15) is 57.8 Å². The number of alkyl carbamates (subject to hydrolysis) is 1. The zero-order valence-corrected chi connectivity index (χ0v) is 32.9. The SMILES string of the molecule is O=C(CCCC[C@@H]1SC[C@@H]2NC(=O)N[C@@H]21)NCCOCCOCCOCCOCCOCCOCCOCCOCCNC(=O)OC1CC/C=C/CCC1. The molecule has 2 fully saturated rings. The first-order valence-electron chi connectivity index (χ1n) is 19.8. The zero-order valence-electron chi connectivity index (χ0n) is 32.1. The second-order valence-corrected chi connectivity index (χ2v) is 14.3. The lowest BCUT2D eigenvalue weighted by Gasteiger charge is -2.18. The van der Waals surface area contributed by atoms with Gasteiger partial charge in [0.25, 0.3) is 0 Å². The Morgan fingerprint density at radius 2 is 1.17 bits per heavy atom. The number of urea groups is 1. The Bertz CT molecular complexity index is 1020. The smallest absolute Gasteiger partial charge is 0.407 e. The van der Waals surface area contributed by atoms with Crippen molar-refractivity contribution in [2.24, 2.45) is 0 Å². The van der Waals surface area contributed by atoms with Gasteiger partial charge in [-0.3, -0.25) is 4.79 Å². The van der Waals surface area contributed by atoms with E-state index < -0.39 is 0 Å². The number of ether oxygens (including phenoxy) is 9. The summed E-state index contributed by atoms with van der Waals surface area (Å²) in [7, 11) is 0. The minimum atomic E-state index is -0.380. The zero-order chi connectivity index (χ0) is 38.2. The number of nitrogens with one attached hydrogen (secondary N) is 4. The van der Waals surface area contributed by atoms with E-state index >= 15 is 0 Å². The summed E-state index contributed by atoms with van der Waals surface area (Å²) in [6.07, 6.45) is 12.1. The first-order valence-corrected chi connectivity index (χ1v) is 20.8. The molecule has 54 heavy (non-hydrogen) atoms. The molecule has 1 unspecified atom stereocenters. The maximum absolute atomic E-state index is 12.0. The third-order valence-electron chi connectivity index (χ3n) is 8.76. The van der Waals surface area contributed by atoms with Gasteiger partial charge in [0.15, 0.2) is 0 Å². The fourth-order valence-corrected chi connectivity index (χ4v) is 7.47. The second-order valence-electron chi connectivity index (χ2n) is 13.1. The largest absolute Gasteiger partial charge is 0.446 e. The van der Waals surface area contributed by atoms with Crippen LogP contribution in [-0.2, 0) is 47.4 Å². The Hall–Kier alpha value is -2.22. The fourth-order valence-electron chi connectivity index (χ4n) is 5.93. The average Bonchev–Trinajstić information content (AvgIpc) is 3.71. The van der Waals surface area contributed by atoms with Crippen molar-refractivity contribution in [1.82, 2.24) is 21.3 Å². The van der Waals surface area contributed by atoms with E-state index in [0.717, 1.165) is 57.1 Å². The lowest BCUT2D eigenvalue weighted by atomic mass is 10.0. The molecule has 4 N–H and O–H groups in total. The Balaban J connectivity index is 0.915. The molecule has 0 aromatic heterocycles. The van der Waals surface area contributed by atoms with Crippen molar-refractivity contribution in [3.63, 3.8) is 0 Å². The number of unbranched alkanes of at least 4 members (excludes halogenated alkanes) is 1. The standard InChI is InChI=1S/C37H66N4O12S/c42-34(11-7-6-10-33-35-32(30-54-33)40-36(43)41-35)38-12-14-45-16-18-47-20-22-49-24-26-51-28-29-52-27-25-50-23-21-48-19-17-46-15-13-39-37(44)53-31-8-4-2-1-3-5-9-31/h1-2,31-33,35H,3-30H2,(H,38,42)(H,39,44)(H2,40,41,43)/b2-1+/t31?,32-,33-,35-/m0/s1. The van der Waals surface area contributed by atoms with Crippen LogP contribution in [0.5, 0.6) is 0 Å². The van der Waals surface area contributed by atoms with Crippen LogP contribution in [0.2, 0.25) is 0 Å². The van der Waals surface area contributed by atoms with E-state index in [-0.39, 0.29) is 36.2 Å². The summed E-state index contributed by atoms with van der Waals surface area (Å²) in [6, 6.07) is 0.403. The maximum Gasteiger partial charge on any atom is 0.407 e.